The number of hydrogen-bond acceptors (Lipinski definition) is 5. The maximum Gasteiger partial charge on any atom is 0.317 e. The topological polar surface area (TPSA) is 65.7 Å². The van der Waals surface area contributed by atoms with Crippen LogP contribution in [0.2, 0.25) is 0 Å². The second-order valence-corrected chi connectivity index (χ2v) is 7.38. The molecule has 0 radical (unpaired) electrons. The van der Waals surface area contributed by atoms with Crippen LogP contribution in [0.15, 0.2) is 52.9 Å². The van der Waals surface area contributed by atoms with Gasteiger partial charge in [0.25, 0.3) is 0 Å². The highest BCUT2D eigenvalue weighted by molar-refractivity contribution is 9.10. The van der Waals surface area contributed by atoms with Crippen molar-refractivity contribution in [3.63, 3.8) is 0 Å². The summed E-state index contributed by atoms with van der Waals surface area (Å²) in [4.78, 5) is 22.3. The van der Waals surface area contributed by atoms with Crippen molar-refractivity contribution >= 4 is 28.1 Å². The average molecular weight is 448 g/mol. The van der Waals surface area contributed by atoms with Gasteiger partial charge in [-0.3, -0.25) is 4.79 Å². The lowest BCUT2D eigenvalue weighted by Crippen LogP contribution is -2.33. The molecule has 28 heavy (non-hydrogen) atoms. The molecule has 150 valence electrons. The van der Waals surface area contributed by atoms with Gasteiger partial charge < -0.3 is 14.1 Å². The minimum absolute atomic E-state index is 0.312. The first-order valence-electron chi connectivity index (χ1n) is 9.13. The van der Waals surface area contributed by atoms with E-state index in [1.54, 1.807) is 19.2 Å². The van der Waals surface area contributed by atoms with E-state index in [4.69, 9.17) is 9.57 Å². The molecular weight excluding hydrogens is 422 g/mol. The molecule has 0 saturated carbocycles. The standard InChI is InChI=1S/C21H26BrN3O3/c1-5-14-28-23-13-12-17-18(21(3,4)19(26)27-6-2)24-20(22)25(17)15-16-10-8-7-9-11-16/h5,7-11,13H,1,6,12,14-15H2,2-4H3/b23-13+. The molecule has 0 unspecified atom stereocenters. The lowest BCUT2D eigenvalue weighted by Gasteiger charge is -2.22. The molecule has 0 aliphatic carbocycles. The van der Waals surface area contributed by atoms with E-state index < -0.39 is 5.41 Å². The summed E-state index contributed by atoms with van der Waals surface area (Å²) in [5.41, 5.74) is 1.76. The van der Waals surface area contributed by atoms with Crippen molar-refractivity contribution in [2.24, 2.45) is 5.16 Å². The van der Waals surface area contributed by atoms with Gasteiger partial charge in [-0.2, -0.15) is 0 Å². The summed E-state index contributed by atoms with van der Waals surface area (Å²) < 4.78 is 7.95. The van der Waals surface area contributed by atoms with Crippen LogP contribution in [-0.2, 0) is 32.7 Å². The first kappa shape index (κ1) is 21.9. The minimum Gasteiger partial charge on any atom is -0.465 e. The van der Waals surface area contributed by atoms with Crippen LogP contribution in [0, 0.1) is 0 Å². The summed E-state index contributed by atoms with van der Waals surface area (Å²) in [7, 11) is 0. The molecule has 0 aliphatic rings. The summed E-state index contributed by atoms with van der Waals surface area (Å²) in [5, 5.41) is 3.95. The van der Waals surface area contributed by atoms with Crippen molar-refractivity contribution in [3.05, 3.63) is 64.7 Å². The van der Waals surface area contributed by atoms with Crippen molar-refractivity contribution in [2.75, 3.05) is 13.2 Å². The zero-order valence-corrected chi connectivity index (χ0v) is 18.1. The van der Waals surface area contributed by atoms with Crippen LogP contribution >= 0.6 is 15.9 Å². The Morgan fingerprint density at radius 3 is 2.71 bits per heavy atom. The number of rotatable bonds is 10. The Morgan fingerprint density at radius 1 is 1.36 bits per heavy atom. The number of carbonyl (C=O) groups excluding carboxylic acids is 1. The fourth-order valence-electron chi connectivity index (χ4n) is 2.77. The molecule has 0 atom stereocenters. The van der Waals surface area contributed by atoms with Crippen LogP contribution in [0.5, 0.6) is 0 Å². The molecular formula is C21H26BrN3O3. The summed E-state index contributed by atoms with van der Waals surface area (Å²) in [5.74, 6) is -0.312. The molecule has 2 rings (SSSR count). The van der Waals surface area contributed by atoms with Crippen molar-refractivity contribution in [3.8, 4) is 0 Å². The van der Waals surface area contributed by atoms with Gasteiger partial charge in [0, 0.05) is 24.9 Å². The van der Waals surface area contributed by atoms with Gasteiger partial charge >= 0.3 is 5.97 Å². The van der Waals surface area contributed by atoms with E-state index in [2.05, 4.69) is 32.6 Å². The number of esters is 1. The highest BCUT2D eigenvalue weighted by Gasteiger charge is 2.37. The predicted molar refractivity (Wildman–Crippen MR) is 113 cm³/mol. The molecule has 0 saturated heterocycles. The second-order valence-electron chi connectivity index (χ2n) is 6.67. The molecule has 0 bridgehead atoms. The Kier molecular flexibility index (Phi) is 7.99. The van der Waals surface area contributed by atoms with Crippen molar-refractivity contribution in [1.82, 2.24) is 9.55 Å². The van der Waals surface area contributed by atoms with Gasteiger partial charge in [-0.15, -0.1) is 0 Å². The van der Waals surface area contributed by atoms with Gasteiger partial charge in [0.15, 0.2) is 4.73 Å². The minimum atomic E-state index is -0.897. The summed E-state index contributed by atoms with van der Waals surface area (Å²) in [6, 6.07) is 10.1. The summed E-state index contributed by atoms with van der Waals surface area (Å²) >= 11 is 3.55. The van der Waals surface area contributed by atoms with E-state index in [0.717, 1.165) is 11.3 Å². The third kappa shape index (κ3) is 5.32. The fraction of sp³-hybridized carbons (Fsp3) is 0.381. The smallest absolute Gasteiger partial charge is 0.317 e. The number of imidazole rings is 1. The van der Waals surface area contributed by atoms with Crippen LogP contribution in [-0.4, -0.2) is 34.9 Å². The van der Waals surface area contributed by atoms with E-state index in [0.29, 0.717) is 36.6 Å². The van der Waals surface area contributed by atoms with Crippen LogP contribution in [0.3, 0.4) is 0 Å². The molecule has 0 spiro atoms. The summed E-state index contributed by atoms with van der Waals surface area (Å²) in [6.45, 7) is 10.3. The Morgan fingerprint density at radius 2 is 2.07 bits per heavy atom. The van der Waals surface area contributed by atoms with Gasteiger partial charge in [-0.25, -0.2) is 4.98 Å². The van der Waals surface area contributed by atoms with Crippen LogP contribution in [0.1, 0.15) is 37.7 Å². The van der Waals surface area contributed by atoms with Gasteiger partial charge in [0.05, 0.1) is 12.3 Å². The van der Waals surface area contributed by atoms with Crippen LogP contribution in [0.25, 0.3) is 0 Å². The van der Waals surface area contributed by atoms with Gasteiger partial charge in [-0.1, -0.05) is 48.1 Å². The molecule has 0 amide bonds. The normalized spacial score (nSPS) is 11.6. The Hall–Kier alpha value is -2.41. The first-order valence-corrected chi connectivity index (χ1v) is 9.92. The number of hydrogen-bond donors (Lipinski definition) is 0. The number of carbonyl (C=O) groups is 1. The van der Waals surface area contributed by atoms with E-state index in [-0.39, 0.29) is 5.97 Å². The van der Waals surface area contributed by atoms with Gasteiger partial charge in [0.2, 0.25) is 0 Å². The molecule has 1 aromatic carbocycles. The Bertz CT molecular complexity index is 829. The Labute approximate surface area is 174 Å². The highest BCUT2D eigenvalue weighted by Crippen LogP contribution is 2.31. The first-order chi connectivity index (χ1) is 13.4. The predicted octanol–water partition coefficient (Wildman–Crippen LogP) is 4.27. The number of ether oxygens (including phenoxy) is 1. The lowest BCUT2D eigenvalue weighted by molar-refractivity contribution is -0.149. The van der Waals surface area contributed by atoms with Gasteiger partial charge in [0.1, 0.15) is 12.0 Å². The van der Waals surface area contributed by atoms with E-state index in [1.165, 1.54) is 0 Å². The number of nitrogens with zero attached hydrogens (tertiary/aromatic N) is 3. The van der Waals surface area contributed by atoms with Crippen LogP contribution < -0.4 is 0 Å². The molecule has 0 aliphatic heterocycles. The largest absolute Gasteiger partial charge is 0.465 e. The third-order valence-corrected chi connectivity index (χ3v) is 4.82. The fourth-order valence-corrected chi connectivity index (χ4v) is 3.29. The maximum atomic E-state index is 12.6. The van der Waals surface area contributed by atoms with E-state index >= 15 is 0 Å². The Balaban J connectivity index is 2.43. The number of aromatic nitrogens is 2. The molecule has 6 nitrogen and oxygen atoms in total. The van der Waals surface area contributed by atoms with Crippen molar-refractivity contribution < 1.29 is 14.4 Å². The quantitative estimate of drug-likeness (QED) is 0.179. The number of oxime groups is 1. The van der Waals surface area contributed by atoms with Crippen molar-refractivity contribution in [2.45, 2.75) is 39.2 Å². The van der Waals surface area contributed by atoms with E-state index in [1.807, 2.05) is 48.7 Å². The molecule has 7 heteroatoms. The van der Waals surface area contributed by atoms with Crippen molar-refractivity contribution in [1.29, 1.82) is 0 Å². The third-order valence-electron chi connectivity index (χ3n) is 4.21. The van der Waals surface area contributed by atoms with Gasteiger partial charge in [-0.05, 0) is 42.3 Å². The van der Waals surface area contributed by atoms with Crippen LogP contribution in [0.4, 0.5) is 0 Å². The highest BCUT2D eigenvalue weighted by atomic mass is 79.9. The lowest BCUT2D eigenvalue weighted by atomic mass is 9.87. The average Bonchev–Trinajstić information content (AvgIpc) is 2.99. The second kappa shape index (κ2) is 10.2. The summed E-state index contributed by atoms with van der Waals surface area (Å²) in [6.07, 6.45) is 3.75. The zero-order valence-electron chi connectivity index (χ0n) is 16.5. The molecule has 0 N–H and O–H groups in total. The number of benzene rings is 1. The number of halogens is 1. The SMILES string of the molecule is C=CCO/N=C/Cc1c(C(C)(C)C(=O)OCC)nc(Br)n1Cc1ccccc1. The molecule has 1 aromatic heterocycles. The maximum absolute atomic E-state index is 12.6. The monoisotopic (exact) mass is 447 g/mol. The van der Waals surface area contributed by atoms with E-state index in [9.17, 15) is 4.79 Å². The molecule has 0 fully saturated rings. The zero-order chi connectivity index (χ0) is 20.6. The molecule has 1 heterocycles. The molecule has 2 aromatic rings.